The van der Waals surface area contributed by atoms with Crippen molar-refractivity contribution in [1.29, 1.82) is 0 Å². The van der Waals surface area contributed by atoms with E-state index in [2.05, 4.69) is 5.32 Å². The van der Waals surface area contributed by atoms with Crippen LogP contribution in [-0.2, 0) is 9.53 Å². The Morgan fingerprint density at radius 3 is 3.10 bits per heavy atom. The smallest absolute Gasteiger partial charge is 0.364 e. The fourth-order valence-corrected chi connectivity index (χ4v) is 1.24. The van der Waals surface area contributed by atoms with Crippen LogP contribution in [0.15, 0.2) is 0 Å². The normalized spacial score (nSPS) is 24.7. The molecule has 0 aromatic rings. The lowest BCUT2D eigenvalue weighted by atomic mass is 10.2. The minimum absolute atomic E-state index is 0.0417. The topological polar surface area (TPSA) is 42.9 Å². The molecule has 1 fully saturated rings. The third kappa shape index (κ3) is 1.70. The molecule has 1 aliphatic heterocycles. The first-order valence-electron chi connectivity index (χ1n) is 3.84. The minimum atomic E-state index is -0.0417. The van der Waals surface area contributed by atoms with Gasteiger partial charge in [0, 0.05) is 12.8 Å². The lowest BCUT2D eigenvalue weighted by molar-refractivity contribution is -0.658. The van der Waals surface area contributed by atoms with Crippen LogP contribution in [-0.4, -0.2) is 25.2 Å². The molecule has 0 aliphatic carbocycles. The molecule has 1 saturated heterocycles. The second kappa shape index (κ2) is 3.56. The zero-order valence-electron chi connectivity index (χ0n) is 6.30. The van der Waals surface area contributed by atoms with E-state index in [4.69, 9.17) is 4.74 Å². The Labute approximate surface area is 60.7 Å². The molecule has 0 aromatic carbocycles. The second-order valence-electron chi connectivity index (χ2n) is 2.53. The maximum absolute atomic E-state index is 11.0. The first-order valence-corrected chi connectivity index (χ1v) is 3.84. The van der Waals surface area contributed by atoms with Crippen LogP contribution in [0.2, 0.25) is 0 Å². The predicted molar refractivity (Wildman–Crippen MR) is 36.4 cm³/mol. The van der Waals surface area contributed by atoms with Crippen LogP contribution in [0.5, 0.6) is 0 Å². The van der Waals surface area contributed by atoms with Gasteiger partial charge in [-0.2, -0.15) is 0 Å². The summed E-state index contributed by atoms with van der Waals surface area (Å²) in [4.78, 5) is 11.0. The highest BCUT2D eigenvalue weighted by Gasteiger charge is 2.26. The predicted octanol–water partition coefficient (Wildman–Crippen LogP) is -0.725. The van der Waals surface area contributed by atoms with Gasteiger partial charge in [-0.1, -0.05) is 0 Å². The lowest BCUT2D eigenvalue weighted by Gasteiger charge is -2.04. The van der Waals surface area contributed by atoms with Crippen LogP contribution < -0.4 is 5.32 Å². The van der Waals surface area contributed by atoms with Crippen LogP contribution in [0.3, 0.4) is 0 Å². The molecule has 58 valence electrons. The summed E-state index contributed by atoms with van der Waals surface area (Å²) in [5, 5.41) is 2.05. The van der Waals surface area contributed by atoms with Crippen molar-refractivity contribution >= 4 is 5.97 Å². The first kappa shape index (κ1) is 7.54. The average Bonchev–Trinajstić information content (AvgIpc) is 2.38. The highest BCUT2D eigenvalue weighted by atomic mass is 16.5. The quantitative estimate of drug-likeness (QED) is 0.519. The molecule has 0 saturated carbocycles. The molecule has 1 aliphatic rings. The molecule has 0 spiro atoms. The van der Waals surface area contributed by atoms with Crippen molar-refractivity contribution < 1.29 is 14.8 Å². The van der Waals surface area contributed by atoms with Gasteiger partial charge in [0.05, 0.1) is 13.2 Å². The van der Waals surface area contributed by atoms with Gasteiger partial charge in [0.15, 0.2) is 6.04 Å². The molecule has 0 unspecified atom stereocenters. The van der Waals surface area contributed by atoms with E-state index < -0.39 is 0 Å². The number of quaternary nitrogens is 1. The van der Waals surface area contributed by atoms with Crippen molar-refractivity contribution in [3.8, 4) is 0 Å². The molecule has 1 heterocycles. The summed E-state index contributed by atoms with van der Waals surface area (Å²) in [7, 11) is 0. The summed E-state index contributed by atoms with van der Waals surface area (Å²) < 4.78 is 4.86. The fourth-order valence-electron chi connectivity index (χ4n) is 1.24. The highest BCUT2D eigenvalue weighted by Crippen LogP contribution is 1.98. The van der Waals surface area contributed by atoms with Crippen molar-refractivity contribution in [2.45, 2.75) is 25.8 Å². The van der Waals surface area contributed by atoms with Crippen molar-refractivity contribution in [2.24, 2.45) is 0 Å². The number of carbonyl (C=O) groups is 1. The molecule has 10 heavy (non-hydrogen) atoms. The number of rotatable bonds is 2. The standard InChI is InChI=1S/C7H13NO2/c1-2-10-7(9)6-4-3-5-8-6/h6,8H,2-5H2,1H3/p+1/t6-/m0/s1. The van der Waals surface area contributed by atoms with Gasteiger partial charge in [0.2, 0.25) is 0 Å². The number of nitrogens with two attached hydrogens (primary N) is 1. The van der Waals surface area contributed by atoms with Gasteiger partial charge in [-0.25, -0.2) is 4.79 Å². The van der Waals surface area contributed by atoms with Crippen LogP contribution >= 0.6 is 0 Å². The Morgan fingerprint density at radius 2 is 2.60 bits per heavy atom. The SMILES string of the molecule is CCOC(=O)[C@@H]1CCC[NH2+]1. The highest BCUT2D eigenvalue weighted by molar-refractivity contribution is 5.74. The van der Waals surface area contributed by atoms with Gasteiger partial charge < -0.3 is 10.1 Å². The molecule has 2 N–H and O–H groups in total. The fraction of sp³-hybridized carbons (Fsp3) is 0.857. The summed E-state index contributed by atoms with van der Waals surface area (Å²) in [6.07, 6.45) is 2.13. The second-order valence-corrected chi connectivity index (χ2v) is 2.53. The third-order valence-corrected chi connectivity index (χ3v) is 1.76. The van der Waals surface area contributed by atoms with Gasteiger partial charge in [-0.05, 0) is 6.92 Å². The maximum Gasteiger partial charge on any atom is 0.364 e. The Balaban J connectivity index is 2.25. The van der Waals surface area contributed by atoms with E-state index in [1.54, 1.807) is 0 Å². The zero-order valence-corrected chi connectivity index (χ0v) is 6.30. The van der Waals surface area contributed by atoms with Gasteiger partial charge in [-0.3, -0.25) is 0 Å². The van der Waals surface area contributed by atoms with E-state index in [-0.39, 0.29) is 12.0 Å². The van der Waals surface area contributed by atoms with E-state index in [0.29, 0.717) is 6.61 Å². The Morgan fingerprint density at radius 1 is 1.80 bits per heavy atom. The van der Waals surface area contributed by atoms with Gasteiger partial charge in [-0.15, -0.1) is 0 Å². The first-order chi connectivity index (χ1) is 4.84. The molecule has 1 rings (SSSR count). The van der Waals surface area contributed by atoms with Crippen molar-refractivity contribution in [2.75, 3.05) is 13.2 Å². The lowest BCUT2D eigenvalue weighted by Crippen LogP contribution is -2.88. The van der Waals surface area contributed by atoms with Gasteiger partial charge >= 0.3 is 5.97 Å². The summed E-state index contributed by atoms with van der Waals surface area (Å²) in [6.45, 7) is 3.42. The Bertz CT molecular complexity index is 119. The molecule has 3 nitrogen and oxygen atoms in total. The Hall–Kier alpha value is -0.570. The summed E-state index contributed by atoms with van der Waals surface area (Å²) in [6, 6.07) is 0.0972. The van der Waals surface area contributed by atoms with Crippen LogP contribution in [0.25, 0.3) is 0 Å². The third-order valence-electron chi connectivity index (χ3n) is 1.76. The molecule has 3 heteroatoms. The molecular formula is C7H14NO2+. The largest absolute Gasteiger partial charge is 0.462 e. The number of esters is 1. The molecule has 0 bridgehead atoms. The van der Waals surface area contributed by atoms with Crippen molar-refractivity contribution in [1.82, 2.24) is 0 Å². The monoisotopic (exact) mass is 144 g/mol. The summed E-state index contributed by atoms with van der Waals surface area (Å²) in [5.41, 5.74) is 0. The van der Waals surface area contributed by atoms with Gasteiger partial charge in [0.1, 0.15) is 0 Å². The number of ether oxygens (including phenoxy) is 1. The van der Waals surface area contributed by atoms with E-state index in [1.807, 2.05) is 6.92 Å². The summed E-state index contributed by atoms with van der Waals surface area (Å²) in [5.74, 6) is -0.0417. The van der Waals surface area contributed by atoms with E-state index >= 15 is 0 Å². The number of hydrogen-bond acceptors (Lipinski definition) is 2. The number of carbonyl (C=O) groups excluding carboxylic acids is 1. The minimum Gasteiger partial charge on any atom is -0.462 e. The van der Waals surface area contributed by atoms with E-state index in [9.17, 15) is 4.79 Å². The van der Waals surface area contributed by atoms with Crippen molar-refractivity contribution in [3.63, 3.8) is 0 Å². The zero-order chi connectivity index (χ0) is 7.40. The van der Waals surface area contributed by atoms with E-state index in [0.717, 1.165) is 19.4 Å². The van der Waals surface area contributed by atoms with Crippen LogP contribution in [0.4, 0.5) is 0 Å². The maximum atomic E-state index is 11.0. The van der Waals surface area contributed by atoms with Crippen LogP contribution in [0, 0.1) is 0 Å². The Kier molecular flexibility index (Phi) is 2.68. The van der Waals surface area contributed by atoms with E-state index in [1.165, 1.54) is 0 Å². The molecule has 0 amide bonds. The van der Waals surface area contributed by atoms with Crippen LogP contribution in [0.1, 0.15) is 19.8 Å². The molecule has 0 aromatic heterocycles. The number of hydrogen-bond donors (Lipinski definition) is 1. The molecular weight excluding hydrogens is 130 g/mol. The van der Waals surface area contributed by atoms with Gasteiger partial charge in [0.25, 0.3) is 0 Å². The van der Waals surface area contributed by atoms with Crippen molar-refractivity contribution in [3.05, 3.63) is 0 Å². The molecule has 1 atom stereocenters. The average molecular weight is 144 g/mol. The molecule has 0 radical (unpaired) electrons. The summed E-state index contributed by atoms with van der Waals surface area (Å²) >= 11 is 0.